The zero-order chi connectivity index (χ0) is 14.2. The van der Waals surface area contributed by atoms with Crippen molar-refractivity contribution in [3.05, 3.63) is 67.3 Å². The molecule has 0 aliphatic heterocycles. The van der Waals surface area contributed by atoms with Crippen LogP contribution in [-0.4, -0.2) is 19.2 Å². The Balaban J connectivity index is 1.98. The maximum atomic E-state index is 5.89. The molecule has 3 heterocycles. The predicted octanol–water partition coefficient (Wildman–Crippen LogP) is 2.77. The fraction of sp³-hybridized carbons (Fsp3) is 0. The molecule has 21 heavy (non-hydrogen) atoms. The van der Waals surface area contributed by atoms with Crippen molar-refractivity contribution in [2.24, 2.45) is 0 Å². The number of fused-ring (bicyclic) bond motifs is 1. The van der Waals surface area contributed by atoms with Gasteiger partial charge < -0.3 is 5.73 Å². The first kappa shape index (κ1) is 11.7. The molecule has 0 saturated carbocycles. The number of nitrogens with two attached hydrogens (primary N) is 1. The normalized spacial score (nSPS) is 11.0. The molecule has 102 valence electrons. The van der Waals surface area contributed by atoms with E-state index in [0.717, 1.165) is 28.3 Å². The molecule has 0 aliphatic rings. The minimum absolute atomic E-state index is 0.734. The van der Waals surface area contributed by atoms with Crippen molar-refractivity contribution in [2.45, 2.75) is 0 Å². The molecular weight excluding hydrogens is 262 g/mol. The van der Waals surface area contributed by atoms with Crippen LogP contribution in [0.25, 0.3) is 22.6 Å². The summed E-state index contributed by atoms with van der Waals surface area (Å²) in [7, 11) is 0. The third-order valence-electron chi connectivity index (χ3n) is 3.44. The molecule has 4 aromatic rings. The maximum absolute atomic E-state index is 5.89. The minimum Gasteiger partial charge on any atom is -0.399 e. The molecule has 0 radical (unpaired) electrons. The van der Waals surface area contributed by atoms with Gasteiger partial charge in [-0.15, -0.1) is 0 Å². The Morgan fingerprint density at radius 2 is 1.95 bits per heavy atom. The summed E-state index contributed by atoms with van der Waals surface area (Å²) in [6, 6.07) is 13.7. The summed E-state index contributed by atoms with van der Waals surface area (Å²) in [6.45, 7) is 0. The van der Waals surface area contributed by atoms with Gasteiger partial charge in [0.2, 0.25) is 0 Å². The van der Waals surface area contributed by atoms with Gasteiger partial charge in [0.15, 0.2) is 5.65 Å². The Kier molecular flexibility index (Phi) is 2.50. The van der Waals surface area contributed by atoms with E-state index in [2.05, 4.69) is 9.97 Å². The second-order valence-electron chi connectivity index (χ2n) is 4.81. The topological polar surface area (TPSA) is 61.1 Å². The first-order valence-corrected chi connectivity index (χ1v) is 6.64. The largest absolute Gasteiger partial charge is 0.399 e. The van der Waals surface area contributed by atoms with Crippen LogP contribution in [0.3, 0.4) is 0 Å². The lowest BCUT2D eigenvalue weighted by atomic mass is 10.2. The van der Waals surface area contributed by atoms with Gasteiger partial charge in [-0.05, 0) is 30.3 Å². The fourth-order valence-electron chi connectivity index (χ4n) is 2.48. The van der Waals surface area contributed by atoms with Gasteiger partial charge in [-0.2, -0.15) is 0 Å². The van der Waals surface area contributed by atoms with Crippen molar-refractivity contribution in [1.29, 1.82) is 0 Å². The van der Waals surface area contributed by atoms with E-state index in [-0.39, 0.29) is 0 Å². The number of nitrogen functional groups attached to an aromatic ring is 1. The van der Waals surface area contributed by atoms with Crippen LogP contribution in [0.1, 0.15) is 0 Å². The summed E-state index contributed by atoms with van der Waals surface area (Å²) in [5.74, 6) is 0. The highest BCUT2D eigenvalue weighted by atomic mass is 15.4. The first-order valence-electron chi connectivity index (χ1n) is 6.64. The first-order chi connectivity index (χ1) is 10.3. The van der Waals surface area contributed by atoms with Crippen LogP contribution in [0.5, 0.6) is 0 Å². The zero-order valence-corrected chi connectivity index (χ0v) is 11.2. The standard InChI is InChI=1S/C16H13N5/c17-13-4-1-5-14(9-13)20-8-6-16-19-11-15(21(16)20)12-3-2-7-18-10-12/h1-11H,17H2. The van der Waals surface area contributed by atoms with Crippen LogP contribution in [0.4, 0.5) is 5.69 Å². The molecule has 5 heteroatoms. The third-order valence-corrected chi connectivity index (χ3v) is 3.44. The van der Waals surface area contributed by atoms with Crippen molar-refractivity contribution < 1.29 is 0 Å². The molecule has 2 N–H and O–H groups in total. The van der Waals surface area contributed by atoms with Gasteiger partial charge in [0.1, 0.15) is 0 Å². The van der Waals surface area contributed by atoms with E-state index in [1.165, 1.54) is 0 Å². The lowest BCUT2D eigenvalue weighted by Gasteiger charge is -2.09. The molecule has 0 unspecified atom stereocenters. The smallest absolute Gasteiger partial charge is 0.154 e. The van der Waals surface area contributed by atoms with E-state index < -0.39 is 0 Å². The average Bonchev–Trinajstić information content (AvgIpc) is 3.09. The van der Waals surface area contributed by atoms with Crippen LogP contribution in [-0.2, 0) is 0 Å². The fourth-order valence-corrected chi connectivity index (χ4v) is 2.48. The van der Waals surface area contributed by atoms with Crippen molar-refractivity contribution in [1.82, 2.24) is 19.2 Å². The van der Waals surface area contributed by atoms with Crippen LogP contribution < -0.4 is 5.73 Å². The molecule has 0 amide bonds. The SMILES string of the molecule is Nc1cccc(-n2ccc3ncc(-c4cccnc4)n32)c1. The highest BCUT2D eigenvalue weighted by Crippen LogP contribution is 2.22. The summed E-state index contributed by atoms with van der Waals surface area (Å²) < 4.78 is 4.08. The molecule has 3 aromatic heterocycles. The van der Waals surface area contributed by atoms with Gasteiger partial charge in [-0.25, -0.2) is 9.50 Å². The second kappa shape index (κ2) is 4.49. The minimum atomic E-state index is 0.734. The Hall–Kier alpha value is -3.08. The van der Waals surface area contributed by atoms with Crippen molar-refractivity contribution in [3.8, 4) is 16.9 Å². The molecule has 0 aliphatic carbocycles. The number of nitrogens with zero attached hydrogens (tertiary/aromatic N) is 4. The van der Waals surface area contributed by atoms with E-state index in [1.807, 2.05) is 70.3 Å². The Labute approximate surface area is 121 Å². The Morgan fingerprint density at radius 3 is 2.76 bits per heavy atom. The Morgan fingerprint density at radius 1 is 1.00 bits per heavy atom. The Bertz CT molecular complexity index is 905. The van der Waals surface area contributed by atoms with Crippen molar-refractivity contribution >= 4 is 11.3 Å². The third kappa shape index (κ3) is 1.87. The number of hydrogen-bond donors (Lipinski definition) is 1. The summed E-state index contributed by atoms with van der Waals surface area (Å²) in [4.78, 5) is 8.62. The second-order valence-corrected chi connectivity index (χ2v) is 4.81. The lowest BCUT2D eigenvalue weighted by Crippen LogP contribution is -2.03. The zero-order valence-electron chi connectivity index (χ0n) is 11.2. The number of benzene rings is 1. The molecule has 4 rings (SSSR count). The number of aromatic nitrogens is 4. The molecule has 0 bridgehead atoms. The van der Waals surface area contributed by atoms with Crippen LogP contribution in [0.2, 0.25) is 0 Å². The molecule has 0 atom stereocenters. The number of pyridine rings is 1. The summed E-state index contributed by atoms with van der Waals surface area (Å²) in [6.07, 6.45) is 7.44. The van der Waals surface area contributed by atoms with E-state index in [1.54, 1.807) is 6.20 Å². The highest BCUT2D eigenvalue weighted by molar-refractivity contribution is 5.63. The molecular formula is C16H13N5. The lowest BCUT2D eigenvalue weighted by molar-refractivity contribution is 0.810. The summed E-state index contributed by atoms with van der Waals surface area (Å²) in [5.41, 5.74) is 10.5. The van der Waals surface area contributed by atoms with Gasteiger partial charge in [0, 0.05) is 35.9 Å². The average molecular weight is 275 g/mol. The number of hydrogen-bond acceptors (Lipinski definition) is 3. The maximum Gasteiger partial charge on any atom is 0.154 e. The highest BCUT2D eigenvalue weighted by Gasteiger charge is 2.11. The van der Waals surface area contributed by atoms with Crippen LogP contribution in [0.15, 0.2) is 67.3 Å². The van der Waals surface area contributed by atoms with E-state index in [0.29, 0.717) is 0 Å². The predicted molar refractivity (Wildman–Crippen MR) is 82.2 cm³/mol. The van der Waals surface area contributed by atoms with Crippen LogP contribution in [0, 0.1) is 0 Å². The van der Waals surface area contributed by atoms with Gasteiger partial charge >= 0.3 is 0 Å². The van der Waals surface area contributed by atoms with Gasteiger partial charge in [0.05, 0.1) is 17.6 Å². The van der Waals surface area contributed by atoms with Crippen molar-refractivity contribution in [2.75, 3.05) is 5.73 Å². The monoisotopic (exact) mass is 275 g/mol. The van der Waals surface area contributed by atoms with Crippen molar-refractivity contribution in [3.63, 3.8) is 0 Å². The molecule has 0 fully saturated rings. The molecule has 5 nitrogen and oxygen atoms in total. The summed E-state index contributed by atoms with van der Waals surface area (Å²) in [5, 5.41) is 0. The van der Waals surface area contributed by atoms with E-state index in [9.17, 15) is 0 Å². The quantitative estimate of drug-likeness (QED) is 0.572. The molecule has 0 saturated heterocycles. The summed E-state index contributed by atoms with van der Waals surface area (Å²) >= 11 is 0. The van der Waals surface area contributed by atoms with Crippen LogP contribution >= 0.6 is 0 Å². The number of rotatable bonds is 2. The number of anilines is 1. The van der Waals surface area contributed by atoms with Gasteiger partial charge in [-0.1, -0.05) is 6.07 Å². The van der Waals surface area contributed by atoms with Gasteiger partial charge in [0.25, 0.3) is 0 Å². The molecule has 1 aromatic carbocycles. The van der Waals surface area contributed by atoms with E-state index in [4.69, 9.17) is 5.73 Å². The van der Waals surface area contributed by atoms with E-state index >= 15 is 0 Å². The van der Waals surface area contributed by atoms with Gasteiger partial charge in [-0.3, -0.25) is 9.67 Å². The molecule has 0 spiro atoms. The number of imidazole rings is 1.